The number of aryl methyl sites for hydroxylation is 1. The Morgan fingerprint density at radius 2 is 2.08 bits per heavy atom. The molecule has 5 nitrogen and oxygen atoms in total. The summed E-state index contributed by atoms with van der Waals surface area (Å²) in [6.07, 6.45) is 1.61. The fourth-order valence-electron chi connectivity index (χ4n) is 2.46. The van der Waals surface area contributed by atoms with Crippen LogP contribution in [0.5, 0.6) is 0 Å². The van der Waals surface area contributed by atoms with E-state index in [0.29, 0.717) is 17.1 Å². The first-order chi connectivity index (χ1) is 12.1. The Bertz CT molecular complexity index is 762. The SMILES string of the molecule is CCN(CCO)c1ccc(/C=N\NC(=O)c2ccccc2Cl)c(C)c1. The van der Waals surface area contributed by atoms with Crippen molar-refractivity contribution in [2.24, 2.45) is 5.10 Å². The summed E-state index contributed by atoms with van der Waals surface area (Å²) in [5, 5.41) is 13.5. The van der Waals surface area contributed by atoms with Crippen molar-refractivity contribution in [3.8, 4) is 0 Å². The predicted octanol–water partition coefficient (Wildman–Crippen LogP) is 3.23. The monoisotopic (exact) mass is 359 g/mol. The molecule has 2 N–H and O–H groups in total. The number of carbonyl (C=O) groups is 1. The maximum atomic E-state index is 12.1. The van der Waals surface area contributed by atoms with Crippen LogP contribution >= 0.6 is 11.6 Å². The van der Waals surface area contributed by atoms with Gasteiger partial charge in [-0.05, 0) is 49.2 Å². The van der Waals surface area contributed by atoms with E-state index < -0.39 is 0 Å². The number of hydrogen-bond donors (Lipinski definition) is 2. The molecule has 0 saturated heterocycles. The van der Waals surface area contributed by atoms with Gasteiger partial charge in [-0.3, -0.25) is 4.79 Å². The molecule has 1 amide bonds. The number of carbonyl (C=O) groups excluding carboxylic acids is 1. The van der Waals surface area contributed by atoms with Crippen LogP contribution < -0.4 is 10.3 Å². The Morgan fingerprint density at radius 1 is 1.32 bits per heavy atom. The normalized spacial score (nSPS) is 10.9. The molecule has 0 unspecified atom stereocenters. The quantitative estimate of drug-likeness (QED) is 0.589. The van der Waals surface area contributed by atoms with E-state index in [1.54, 1.807) is 30.5 Å². The van der Waals surface area contributed by atoms with Crippen LogP contribution in [0.4, 0.5) is 5.69 Å². The molecule has 2 aromatic rings. The first-order valence-corrected chi connectivity index (χ1v) is 8.49. The van der Waals surface area contributed by atoms with Crippen molar-refractivity contribution in [3.63, 3.8) is 0 Å². The highest BCUT2D eigenvalue weighted by atomic mass is 35.5. The van der Waals surface area contributed by atoms with E-state index in [4.69, 9.17) is 16.7 Å². The van der Waals surface area contributed by atoms with Gasteiger partial charge in [-0.2, -0.15) is 5.10 Å². The number of benzene rings is 2. The summed E-state index contributed by atoms with van der Waals surface area (Å²) in [6, 6.07) is 12.8. The Labute approximate surface area is 152 Å². The summed E-state index contributed by atoms with van der Waals surface area (Å²) in [7, 11) is 0. The van der Waals surface area contributed by atoms with Crippen LogP contribution in [-0.2, 0) is 0 Å². The van der Waals surface area contributed by atoms with Gasteiger partial charge in [0.15, 0.2) is 0 Å². The second-order valence-electron chi connectivity index (χ2n) is 5.52. The van der Waals surface area contributed by atoms with Gasteiger partial charge in [0, 0.05) is 18.8 Å². The molecule has 25 heavy (non-hydrogen) atoms. The van der Waals surface area contributed by atoms with Crippen molar-refractivity contribution < 1.29 is 9.90 Å². The van der Waals surface area contributed by atoms with E-state index >= 15 is 0 Å². The number of aliphatic hydroxyl groups excluding tert-OH is 1. The molecule has 0 atom stereocenters. The van der Waals surface area contributed by atoms with Crippen LogP contribution in [0.2, 0.25) is 5.02 Å². The number of amides is 1. The topological polar surface area (TPSA) is 64.9 Å². The number of hydrogen-bond acceptors (Lipinski definition) is 4. The van der Waals surface area contributed by atoms with E-state index in [2.05, 4.69) is 15.4 Å². The van der Waals surface area contributed by atoms with E-state index in [9.17, 15) is 4.79 Å². The number of likely N-dealkylation sites (N-methyl/N-ethyl adjacent to an activating group) is 1. The van der Waals surface area contributed by atoms with Gasteiger partial charge in [0.25, 0.3) is 5.91 Å². The zero-order chi connectivity index (χ0) is 18.2. The number of hydrazone groups is 1. The third kappa shape index (κ3) is 5.05. The smallest absolute Gasteiger partial charge is 0.272 e. The molecule has 0 aliphatic rings. The molecule has 0 radical (unpaired) electrons. The van der Waals surface area contributed by atoms with Crippen molar-refractivity contribution in [1.82, 2.24) is 5.43 Å². The lowest BCUT2D eigenvalue weighted by atomic mass is 10.1. The minimum absolute atomic E-state index is 0.115. The molecule has 0 aromatic heterocycles. The molecule has 0 heterocycles. The number of rotatable bonds is 7. The lowest BCUT2D eigenvalue weighted by Gasteiger charge is -2.22. The Kier molecular flexibility index (Phi) is 6.98. The van der Waals surface area contributed by atoms with E-state index in [1.165, 1.54) is 0 Å². The molecule has 0 aliphatic carbocycles. The first kappa shape index (κ1) is 19.0. The second kappa shape index (κ2) is 9.20. The van der Waals surface area contributed by atoms with Crippen molar-refractivity contribution in [1.29, 1.82) is 0 Å². The Balaban J connectivity index is 2.06. The molecule has 0 bridgehead atoms. The molecule has 132 valence electrons. The van der Waals surface area contributed by atoms with Crippen LogP contribution in [0.15, 0.2) is 47.6 Å². The molecule has 2 rings (SSSR count). The fraction of sp³-hybridized carbons (Fsp3) is 0.263. The number of nitrogens with one attached hydrogen (secondary N) is 1. The van der Waals surface area contributed by atoms with Crippen molar-refractivity contribution in [2.75, 3.05) is 24.6 Å². The minimum atomic E-state index is -0.351. The standard InChI is InChI=1S/C19H22ClN3O2/c1-3-23(10-11-24)16-9-8-15(14(2)12-16)13-21-22-19(25)17-6-4-5-7-18(17)20/h4-9,12-13,24H,3,10-11H2,1-2H3,(H,22,25)/b21-13-. The van der Waals surface area contributed by atoms with Gasteiger partial charge in [0.05, 0.1) is 23.4 Å². The summed E-state index contributed by atoms with van der Waals surface area (Å²) in [6.45, 7) is 5.56. The van der Waals surface area contributed by atoms with Gasteiger partial charge in [-0.1, -0.05) is 29.8 Å². The van der Waals surface area contributed by atoms with Gasteiger partial charge in [0.1, 0.15) is 0 Å². The van der Waals surface area contributed by atoms with E-state index in [-0.39, 0.29) is 12.5 Å². The summed E-state index contributed by atoms with van der Waals surface area (Å²) in [5.74, 6) is -0.351. The fourth-order valence-corrected chi connectivity index (χ4v) is 2.68. The summed E-state index contributed by atoms with van der Waals surface area (Å²) in [5.41, 5.74) is 5.86. The average Bonchev–Trinajstić information content (AvgIpc) is 2.61. The highest BCUT2D eigenvalue weighted by molar-refractivity contribution is 6.33. The molecule has 0 aliphatic heterocycles. The zero-order valence-electron chi connectivity index (χ0n) is 14.4. The molecule has 0 spiro atoms. The van der Waals surface area contributed by atoms with Gasteiger partial charge < -0.3 is 10.0 Å². The Hall–Kier alpha value is -2.37. The predicted molar refractivity (Wildman–Crippen MR) is 103 cm³/mol. The maximum Gasteiger partial charge on any atom is 0.272 e. The van der Waals surface area contributed by atoms with Gasteiger partial charge in [-0.15, -0.1) is 0 Å². The molecule has 0 fully saturated rings. The van der Waals surface area contributed by atoms with Gasteiger partial charge >= 0.3 is 0 Å². The zero-order valence-corrected chi connectivity index (χ0v) is 15.1. The lowest BCUT2D eigenvalue weighted by Crippen LogP contribution is -2.26. The minimum Gasteiger partial charge on any atom is -0.395 e. The summed E-state index contributed by atoms with van der Waals surface area (Å²) < 4.78 is 0. The van der Waals surface area contributed by atoms with Crippen LogP contribution in [0.25, 0.3) is 0 Å². The van der Waals surface area contributed by atoms with Gasteiger partial charge in [0.2, 0.25) is 0 Å². The van der Waals surface area contributed by atoms with E-state index in [1.807, 2.05) is 32.0 Å². The van der Waals surface area contributed by atoms with Crippen molar-refractivity contribution >= 4 is 29.4 Å². The molecule has 0 saturated carbocycles. The van der Waals surface area contributed by atoms with Gasteiger partial charge in [-0.25, -0.2) is 5.43 Å². The third-order valence-corrected chi connectivity index (χ3v) is 4.19. The molecule has 6 heteroatoms. The highest BCUT2D eigenvalue weighted by Crippen LogP contribution is 2.18. The van der Waals surface area contributed by atoms with Crippen molar-refractivity contribution in [2.45, 2.75) is 13.8 Å². The number of aliphatic hydroxyl groups is 1. The Morgan fingerprint density at radius 3 is 2.72 bits per heavy atom. The number of anilines is 1. The van der Waals surface area contributed by atoms with Crippen LogP contribution in [0.1, 0.15) is 28.4 Å². The van der Waals surface area contributed by atoms with Crippen LogP contribution in [0.3, 0.4) is 0 Å². The second-order valence-corrected chi connectivity index (χ2v) is 5.93. The highest BCUT2D eigenvalue weighted by Gasteiger charge is 2.08. The van der Waals surface area contributed by atoms with Crippen LogP contribution in [0, 0.1) is 6.92 Å². The molecular formula is C19H22ClN3O2. The van der Waals surface area contributed by atoms with E-state index in [0.717, 1.165) is 23.4 Å². The third-order valence-electron chi connectivity index (χ3n) is 3.86. The largest absolute Gasteiger partial charge is 0.395 e. The van der Waals surface area contributed by atoms with Crippen molar-refractivity contribution in [3.05, 3.63) is 64.2 Å². The average molecular weight is 360 g/mol. The number of halogens is 1. The summed E-state index contributed by atoms with van der Waals surface area (Å²) in [4.78, 5) is 14.1. The lowest BCUT2D eigenvalue weighted by molar-refractivity contribution is 0.0955. The maximum absolute atomic E-state index is 12.1. The number of nitrogens with zero attached hydrogens (tertiary/aromatic N) is 2. The van der Waals surface area contributed by atoms with Crippen LogP contribution in [-0.4, -0.2) is 36.9 Å². The molecule has 2 aromatic carbocycles. The first-order valence-electron chi connectivity index (χ1n) is 8.11. The molecular weight excluding hydrogens is 338 g/mol. The summed E-state index contributed by atoms with van der Waals surface area (Å²) >= 11 is 5.99.